The molecule has 1 atom stereocenters. The summed E-state index contributed by atoms with van der Waals surface area (Å²) in [6.07, 6.45) is 2.55. The molecule has 2 aliphatic rings. The number of hydrogen-bond acceptors (Lipinski definition) is 9. The zero-order valence-corrected chi connectivity index (χ0v) is 21.7. The maximum Gasteiger partial charge on any atom is 0.281 e. The Kier molecular flexibility index (Phi) is 6.40. The molecule has 10 nitrogen and oxygen atoms in total. The van der Waals surface area contributed by atoms with Gasteiger partial charge in [-0.1, -0.05) is 19.1 Å². The van der Waals surface area contributed by atoms with Crippen LogP contribution in [-0.2, 0) is 16.6 Å². The van der Waals surface area contributed by atoms with E-state index in [1.165, 1.54) is 6.07 Å². The minimum atomic E-state index is -4.23. The molecule has 0 radical (unpaired) electrons. The molecule has 4 heterocycles. The van der Waals surface area contributed by atoms with Crippen molar-refractivity contribution in [1.29, 1.82) is 0 Å². The smallest absolute Gasteiger partial charge is 0.281 e. The third-order valence-corrected chi connectivity index (χ3v) is 7.73. The zero-order chi connectivity index (χ0) is 26.2. The minimum Gasteiger partial charge on any atom is -0.454 e. The average molecular weight is 524 g/mol. The van der Waals surface area contributed by atoms with Gasteiger partial charge in [0.15, 0.2) is 16.5 Å². The third kappa shape index (κ3) is 5.17. The number of anilines is 2. The van der Waals surface area contributed by atoms with Gasteiger partial charge in [-0.15, -0.1) is 0 Å². The first kappa shape index (κ1) is 24.8. The minimum absolute atomic E-state index is 0.189. The van der Waals surface area contributed by atoms with Crippen molar-refractivity contribution >= 4 is 27.6 Å². The van der Waals surface area contributed by atoms with Gasteiger partial charge in [0.05, 0.1) is 5.56 Å². The molecule has 2 N–H and O–H groups in total. The van der Waals surface area contributed by atoms with Gasteiger partial charge in [0.25, 0.3) is 15.9 Å². The molecule has 0 aliphatic carbocycles. The highest BCUT2D eigenvalue weighted by Gasteiger charge is 2.39. The Balaban J connectivity index is 1.31. The molecule has 1 unspecified atom stereocenters. The first-order valence-electron chi connectivity index (χ1n) is 12.0. The Morgan fingerprint density at radius 2 is 1.95 bits per heavy atom. The number of aromatic nitrogens is 2. The fourth-order valence-corrected chi connectivity index (χ4v) is 5.82. The van der Waals surface area contributed by atoms with E-state index in [1.807, 2.05) is 18.2 Å². The van der Waals surface area contributed by atoms with E-state index in [4.69, 9.17) is 9.47 Å². The van der Waals surface area contributed by atoms with Gasteiger partial charge < -0.3 is 19.7 Å². The Hall–Kier alpha value is -3.86. The molecule has 37 heavy (non-hydrogen) atoms. The van der Waals surface area contributed by atoms with E-state index in [2.05, 4.69) is 45.7 Å². The maximum atomic E-state index is 13.2. The standard InChI is InChI=1S/C26H29N5O5S/c1-17-13-26(2,3)31(15-17)24-19(6-5-11-27-24)25(32)30-37(33,34)23-8-4-7-22(29-23)28-14-18-9-10-20-21(12-18)36-16-35-20/h4-12,17H,13-16H2,1-3H3,(H,28,29)(H,30,32). The predicted molar refractivity (Wildman–Crippen MR) is 138 cm³/mol. The van der Waals surface area contributed by atoms with Crippen LogP contribution in [0.3, 0.4) is 0 Å². The van der Waals surface area contributed by atoms with Gasteiger partial charge in [0.2, 0.25) is 6.79 Å². The lowest BCUT2D eigenvalue weighted by Gasteiger charge is -2.33. The highest BCUT2D eigenvalue weighted by molar-refractivity contribution is 7.90. The molecule has 1 saturated heterocycles. The van der Waals surface area contributed by atoms with E-state index >= 15 is 0 Å². The van der Waals surface area contributed by atoms with Crippen molar-refractivity contribution in [2.24, 2.45) is 5.92 Å². The van der Waals surface area contributed by atoms with Gasteiger partial charge in [-0.25, -0.2) is 14.7 Å². The van der Waals surface area contributed by atoms with Crippen LogP contribution < -0.4 is 24.4 Å². The van der Waals surface area contributed by atoms with Crippen molar-refractivity contribution in [3.8, 4) is 11.5 Å². The van der Waals surface area contributed by atoms with E-state index in [9.17, 15) is 13.2 Å². The van der Waals surface area contributed by atoms with Crippen LogP contribution >= 0.6 is 0 Å². The molecule has 11 heteroatoms. The van der Waals surface area contributed by atoms with E-state index < -0.39 is 15.9 Å². The van der Waals surface area contributed by atoms with Crippen molar-refractivity contribution in [3.05, 3.63) is 65.9 Å². The van der Waals surface area contributed by atoms with Gasteiger partial charge in [-0.3, -0.25) is 4.79 Å². The number of benzene rings is 1. The number of amides is 1. The van der Waals surface area contributed by atoms with E-state index in [0.717, 1.165) is 18.5 Å². The van der Waals surface area contributed by atoms with Gasteiger partial charge in [-0.2, -0.15) is 8.42 Å². The van der Waals surface area contributed by atoms with E-state index in [0.29, 0.717) is 35.6 Å². The molecule has 1 fully saturated rings. The largest absolute Gasteiger partial charge is 0.454 e. The number of ether oxygens (including phenoxy) is 2. The molecular formula is C26H29N5O5S. The van der Waals surface area contributed by atoms with Crippen LogP contribution in [0.5, 0.6) is 11.5 Å². The summed E-state index contributed by atoms with van der Waals surface area (Å²) < 4.78 is 39.1. The summed E-state index contributed by atoms with van der Waals surface area (Å²) in [6.45, 7) is 7.65. The molecular weight excluding hydrogens is 494 g/mol. The lowest BCUT2D eigenvalue weighted by molar-refractivity contribution is 0.0981. The topological polar surface area (TPSA) is 123 Å². The van der Waals surface area contributed by atoms with Gasteiger partial charge in [-0.05, 0) is 68.1 Å². The second-order valence-corrected chi connectivity index (χ2v) is 11.6. The molecule has 0 saturated carbocycles. The van der Waals surface area contributed by atoms with E-state index in [1.54, 1.807) is 30.5 Å². The molecule has 0 spiro atoms. The summed E-state index contributed by atoms with van der Waals surface area (Å²) in [7, 11) is -4.23. The Morgan fingerprint density at radius 3 is 2.73 bits per heavy atom. The summed E-state index contributed by atoms with van der Waals surface area (Å²) in [5, 5.41) is 2.84. The summed E-state index contributed by atoms with van der Waals surface area (Å²) in [4.78, 5) is 23.9. The predicted octanol–water partition coefficient (Wildman–Crippen LogP) is 3.56. The van der Waals surface area contributed by atoms with Crippen molar-refractivity contribution in [2.75, 3.05) is 23.6 Å². The molecule has 3 aromatic rings. The van der Waals surface area contributed by atoms with Crippen LogP contribution in [0.15, 0.2) is 59.8 Å². The van der Waals surface area contributed by atoms with Crippen LogP contribution in [0.25, 0.3) is 0 Å². The first-order chi connectivity index (χ1) is 17.6. The zero-order valence-electron chi connectivity index (χ0n) is 20.9. The van der Waals surface area contributed by atoms with Crippen LogP contribution in [0, 0.1) is 5.92 Å². The molecule has 1 aromatic carbocycles. The monoisotopic (exact) mass is 523 g/mol. The van der Waals surface area contributed by atoms with Gasteiger partial charge in [0.1, 0.15) is 11.6 Å². The number of sulfonamides is 1. The Morgan fingerprint density at radius 1 is 1.14 bits per heavy atom. The maximum absolute atomic E-state index is 13.2. The number of fused-ring (bicyclic) bond motifs is 1. The van der Waals surface area contributed by atoms with Crippen LogP contribution in [0.1, 0.15) is 43.1 Å². The van der Waals surface area contributed by atoms with Crippen molar-refractivity contribution < 1.29 is 22.7 Å². The number of carbonyl (C=O) groups excluding carboxylic acids is 1. The number of hydrogen-bond donors (Lipinski definition) is 2. The fourth-order valence-electron chi connectivity index (χ4n) is 4.88. The summed E-state index contributed by atoms with van der Waals surface area (Å²) in [6, 6.07) is 13.3. The number of carbonyl (C=O) groups is 1. The highest BCUT2D eigenvalue weighted by Crippen LogP contribution is 2.37. The van der Waals surface area contributed by atoms with Crippen LogP contribution in [0.4, 0.5) is 11.6 Å². The van der Waals surface area contributed by atoms with E-state index in [-0.39, 0.29) is 22.9 Å². The number of rotatable bonds is 7. The summed E-state index contributed by atoms with van der Waals surface area (Å²) in [5.41, 5.74) is 0.905. The molecule has 0 bridgehead atoms. The molecule has 2 aromatic heterocycles. The normalized spacial score (nSPS) is 18.0. The molecule has 194 valence electrons. The summed E-state index contributed by atoms with van der Waals surface area (Å²) in [5.74, 6) is 1.84. The van der Waals surface area contributed by atoms with Gasteiger partial charge >= 0.3 is 0 Å². The quantitative estimate of drug-likeness (QED) is 0.478. The molecule has 5 rings (SSSR count). The third-order valence-electron chi connectivity index (χ3n) is 6.50. The van der Waals surface area contributed by atoms with Crippen molar-refractivity contribution in [1.82, 2.24) is 14.7 Å². The average Bonchev–Trinajstić information content (AvgIpc) is 3.44. The second-order valence-electron chi connectivity index (χ2n) is 9.94. The highest BCUT2D eigenvalue weighted by atomic mass is 32.2. The fraction of sp³-hybridized carbons (Fsp3) is 0.346. The van der Waals surface area contributed by atoms with Crippen LogP contribution in [0.2, 0.25) is 0 Å². The summed E-state index contributed by atoms with van der Waals surface area (Å²) >= 11 is 0. The lowest BCUT2D eigenvalue weighted by atomic mass is 9.97. The number of nitrogens with one attached hydrogen (secondary N) is 2. The molecule has 1 amide bonds. The first-order valence-corrected chi connectivity index (χ1v) is 13.5. The Bertz CT molecular complexity index is 1440. The number of nitrogens with zero attached hydrogens (tertiary/aromatic N) is 3. The lowest BCUT2D eigenvalue weighted by Crippen LogP contribution is -2.41. The van der Waals surface area contributed by atoms with Crippen molar-refractivity contribution in [2.45, 2.75) is 44.3 Å². The molecule has 2 aliphatic heterocycles. The Labute approximate surface area is 216 Å². The van der Waals surface area contributed by atoms with Gasteiger partial charge in [0, 0.05) is 24.8 Å². The number of pyridine rings is 2. The second kappa shape index (κ2) is 9.55. The SMILES string of the molecule is CC1CN(c2ncccc2C(=O)NS(=O)(=O)c2cccc(NCc3ccc4c(c3)OCO4)n2)C(C)(C)C1. The van der Waals surface area contributed by atoms with Crippen molar-refractivity contribution in [3.63, 3.8) is 0 Å². The van der Waals surface area contributed by atoms with Crippen LogP contribution in [-0.4, -0.2) is 43.2 Å².